The number of hydrogen-bond donors (Lipinski definition) is 1. The van der Waals surface area contributed by atoms with E-state index in [1.807, 2.05) is 19.1 Å². The van der Waals surface area contributed by atoms with Gasteiger partial charge in [-0.05, 0) is 56.0 Å². The Kier molecular flexibility index (Phi) is 7.00. The second-order valence-electron chi connectivity index (χ2n) is 7.79. The molecule has 1 aliphatic heterocycles. The summed E-state index contributed by atoms with van der Waals surface area (Å²) in [7, 11) is -3.72. The van der Waals surface area contributed by atoms with E-state index in [1.165, 1.54) is 6.92 Å². The quantitative estimate of drug-likeness (QED) is 0.712. The van der Waals surface area contributed by atoms with Crippen molar-refractivity contribution < 1.29 is 18.0 Å². The van der Waals surface area contributed by atoms with E-state index >= 15 is 0 Å². The molecule has 2 aromatic carbocycles. The van der Waals surface area contributed by atoms with Crippen molar-refractivity contribution in [3.05, 3.63) is 59.7 Å². The fourth-order valence-corrected chi connectivity index (χ4v) is 4.97. The zero-order valence-electron chi connectivity index (χ0n) is 18.2. The highest BCUT2D eigenvalue weighted by molar-refractivity contribution is 7.92. The van der Waals surface area contributed by atoms with Gasteiger partial charge in [-0.2, -0.15) is 0 Å². The van der Waals surface area contributed by atoms with Crippen molar-refractivity contribution in [2.45, 2.75) is 39.2 Å². The second kappa shape index (κ2) is 9.51. The molecule has 1 saturated heterocycles. The number of likely N-dealkylation sites (tertiary alicyclic amines) is 1. The van der Waals surface area contributed by atoms with Crippen LogP contribution in [0.1, 0.15) is 42.6 Å². The number of sulfonamides is 1. The summed E-state index contributed by atoms with van der Waals surface area (Å²) >= 11 is 0. The average Bonchev–Trinajstić information content (AvgIpc) is 3.28. The molecule has 0 bridgehead atoms. The minimum absolute atomic E-state index is 0.129. The standard InChI is InChI=1S/C23H29N3O4S/c1-4-18-11-13-19(14-12-18)26(31(3,29)30)17(2)22(27)24-21-10-6-5-9-20(21)23(28)25-15-7-8-16-25/h5-6,9-14,17H,4,7-8,15-16H2,1-3H3,(H,24,27). The van der Waals surface area contributed by atoms with Crippen molar-refractivity contribution in [1.29, 1.82) is 0 Å². The van der Waals surface area contributed by atoms with E-state index in [2.05, 4.69) is 5.32 Å². The number of amides is 2. The van der Waals surface area contributed by atoms with E-state index in [0.29, 0.717) is 30.0 Å². The third-order valence-electron chi connectivity index (χ3n) is 5.50. The summed E-state index contributed by atoms with van der Waals surface area (Å²) in [6.45, 7) is 4.95. The van der Waals surface area contributed by atoms with Gasteiger partial charge in [-0.1, -0.05) is 31.2 Å². The zero-order valence-corrected chi connectivity index (χ0v) is 19.0. The molecule has 1 unspecified atom stereocenters. The van der Waals surface area contributed by atoms with Gasteiger partial charge in [0.25, 0.3) is 5.91 Å². The van der Waals surface area contributed by atoms with Crippen LogP contribution >= 0.6 is 0 Å². The first kappa shape index (κ1) is 22.8. The molecule has 1 heterocycles. The van der Waals surface area contributed by atoms with E-state index in [0.717, 1.165) is 35.4 Å². The molecule has 0 radical (unpaired) electrons. The summed E-state index contributed by atoms with van der Waals surface area (Å²) in [4.78, 5) is 27.7. The van der Waals surface area contributed by atoms with Gasteiger partial charge in [0.05, 0.1) is 23.2 Å². The second-order valence-corrected chi connectivity index (χ2v) is 9.65. The summed E-state index contributed by atoms with van der Waals surface area (Å²) in [6.07, 6.45) is 3.85. The van der Waals surface area contributed by atoms with Crippen LogP contribution in [0.2, 0.25) is 0 Å². The van der Waals surface area contributed by atoms with Gasteiger partial charge in [0, 0.05) is 13.1 Å². The molecule has 1 aliphatic rings. The molecule has 0 saturated carbocycles. The van der Waals surface area contributed by atoms with Crippen LogP contribution in [-0.4, -0.2) is 50.5 Å². The van der Waals surface area contributed by atoms with E-state index in [-0.39, 0.29) is 5.91 Å². The number of benzene rings is 2. The van der Waals surface area contributed by atoms with Crippen LogP contribution < -0.4 is 9.62 Å². The highest BCUT2D eigenvalue weighted by Gasteiger charge is 2.30. The van der Waals surface area contributed by atoms with Gasteiger partial charge >= 0.3 is 0 Å². The topological polar surface area (TPSA) is 86.8 Å². The lowest BCUT2D eigenvalue weighted by atomic mass is 10.1. The molecular formula is C23H29N3O4S. The molecule has 8 heteroatoms. The molecule has 2 aromatic rings. The number of nitrogens with one attached hydrogen (secondary N) is 1. The fraction of sp³-hybridized carbons (Fsp3) is 0.391. The van der Waals surface area contributed by atoms with E-state index < -0.39 is 22.0 Å². The lowest BCUT2D eigenvalue weighted by molar-refractivity contribution is -0.116. The molecule has 7 nitrogen and oxygen atoms in total. The average molecular weight is 444 g/mol. The lowest BCUT2D eigenvalue weighted by Gasteiger charge is -2.28. The Morgan fingerprint density at radius 1 is 1.06 bits per heavy atom. The van der Waals surface area contributed by atoms with Gasteiger partial charge in [-0.25, -0.2) is 8.42 Å². The minimum atomic E-state index is -3.72. The predicted molar refractivity (Wildman–Crippen MR) is 123 cm³/mol. The third kappa shape index (κ3) is 5.25. The van der Waals surface area contributed by atoms with Crippen molar-refractivity contribution in [3.8, 4) is 0 Å². The molecule has 0 aliphatic carbocycles. The lowest BCUT2D eigenvalue weighted by Crippen LogP contribution is -2.45. The van der Waals surface area contributed by atoms with E-state index in [1.54, 1.807) is 41.3 Å². The van der Waals surface area contributed by atoms with Crippen molar-refractivity contribution >= 4 is 33.2 Å². The first-order valence-corrected chi connectivity index (χ1v) is 12.3. The number of carbonyl (C=O) groups is 2. The molecule has 1 N–H and O–H groups in total. The summed E-state index contributed by atoms with van der Waals surface area (Å²) < 4.78 is 26.1. The Morgan fingerprint density at radius 2 is 1.68 bits per heavy atom. The van der Waals surface area contributed by atoms with Crippen LogP contribution in [0.3, 0.4) is 0 Å². The Hall–Kier alpha value is -2.87. The highest BCUT2D eigenvalue weighted by atomic mass is 32.2. The molecule has 2 amide bonds. The summed E-state index contributed by atoms with van der Waals surface area (Å²) in [5, 5.41) is 2.77. The molecule has 0 aromatic heterocycles. The largest absolute Gasteiger partial charge is 0.339 e. The van der Waals surface area contributed by atoms with Crippen LogP contribution in [0.5, 0.6) is 0 Å². The van der Waals surface area contributed by atoms with Crippen molar-refractivity contribution in [2.24, 2.45) is 0 Å². The van der Waals surface area contributed by atoms with Gasteiger partial charge in [0.1, 0.15) is 6.04 Å². The van der Waals surface area contributed by atoms with Gasteiger partial charge in [0.15, 0.2) is 0 Å². The Balaban J connectivity index is 1.85. The number of anilines is 2. The number of rotatable bonds is 7. The summed E-state index contributed by atoms with van der Waals surface area (Å²) in [6, 6.07) is 12.9. The van der Waals surface area contributed by atoms with Crippen LogP contribution in [-0.2, 0) is 21.2 Å². The number of para-hydroxylation sites is 1. The summed E-state index contributed by atoms with van der Waals surface area (Å²) in [5.41, 5.74) is 2.28. The third-order valence-corrected chi connectivity index (χ3v) is 6.74. The summed E-state index contributed by atoms with van der Waals surface area (Å²) in [5.74, 6) is -0.636. The Morgan fingerprint density at radius 3 is 2.26 bits per heavy atom. The SMILES string of the molecule is CCc1ccc(N(C(C)C(=O)Nc2ccccc2C(=O)N2CCCC2)S(C)(=O)=O)cc1. The first-order valence-electron chi connectivity index (χ1n) is 10.5. The normalized spacial score (nSPS) is 14.9. The molecule has 0 spiro atoms. The number of aryl methyl sites for hydroxylation is 1. The number of hydrogen-bond acceptors (Lipinski definition) is 4. The number of nitrogens with zero attached hydrogens (tertiary/aromatic N) is 2. The van der Waals surface area contributed by atoms with E-state index in [4.69, 9.17) is 0 Å². The maximum Gasteiger partial charge on any atom is 0.255 e. The van der Waals surface area contributed by atoms with Gasteiger partial charge in [-0.15, -0.1) is 0 Å². The van der Waals surface area contributed by atoms with E-state index in [9.17, 15) is 18.0 Å². The highest BCUT2D eigenvalue weighted by Crippen LogP contribution is 2.24. The van der Waals surface area contributed by atoms with Crippen molar-refractivity contribution in [1.82, 2.24) is 4.90 Å². The molecule has 31 heavy (non-hydrogen) atoms. The predicted octanol–water partition coefficient (Wildman–Crippen LogP) is 3.28. The van der Waals surface area contributed by atoms with Crippen LogP contribution in [0.15, 0.2) is 48.5 Å². The minimum Gasteiger partial charge on any atom is -0.339 e. The van der Waals surface area contributed by atoms with Crippen LogP contribution in [0, 0.1) is 0 Å². The zero-order chi connectivity index (χ0) is 22.6. The van der Waals surface area contributed by atoms with Gasteiger partial charge in [0.2, 0.25) is 15.9 Å². The maximum atomic E-state index is 13.1. The molecule has 1 fully saturated rings. The molecule has 166 valence electrons. The monoisotopic (exact) mass is 443 g/mol. The fourth-order valence-electron chi connectivity index (χ4n) is 3.79. The first-order chi connectivity index (χ1) is 14.7. The molecule has 1 atom stereocenters. The molecular weight excluding hydrogens is 414 g/mol. The smallest absolute Gasteiger partial charge is 0.255 e. The maximum absolute atomic E-state index is 13.1. The van der Waals surface area contributed by atoms with Crippen LogP contribution in [0.4, 0.5) is 11.4 Å². The number of carbonyl (C=O) groups excluding carboxylic acids is 2. The van der Waals surface area contributed by atoms with Gasteiger partial charge in [-0.3, -0.25) is 13.9 Å². The van der Waals surface area contributed by atoms with Crippen molar-refractivity contribution in [3.63, 3.8) is 0 Å². The van der Waals surface area contributed by atoms with Gasteiger partial charge < -0.3 is 10.2 Å². The van der Waals surface area contributed by atoms with Crippen LogP contribution in [0.25, 0.3) is 0 Å². The Bertz CT molecular complexity index is 1040. The molecule has 3 rings (SSSR count). The Labute approximate surface area is 184 Å². The van der Waals surface area contributed by atoms with Crippen molar-refractivity contribution in [2.75, 3.05) is 29.0 Å².